The van der Waals surface area contributed by atoms with Crippen molar-refractivity contribution in [1.82, 2.24) is 9.21 Å². The maximum atomic E-state index is 12.9. The summed E-state index contributed by atoms with van der Waals surface area (Å²) in [6, 6.07) is 13.7. The van der Waals surface area contributed by atoms with Crippen LogP contribution >= 0.6 is 0 Å². The fourth-order valence-electron chi connectivity index (χ4n) is 3.33. The zero-order valence-corrected chi connectivity index (χ0v) is 17.5. The number of benzene rings is 2. The highest BCUT2D eigenvalue weighted by Gasteiger charge is 2.28. The predicted octanol–water partition coefficient (Wildman–Crippen LogP) is 2.38. The van der Waals surface area contributed by atoms with Gasteiger partial charge in [0.05, 0.1) is 24.2 Å². The number of nitrogens with zero attached hydrogens (tertiary/aromatic N) is 2. The van der Waals surface area contributed by atoms with Gasteiger partial charge in [0, 0.05) is 38.3 Å². The van der Waals surface area contributed by atoms with Gasteiger partial charge in [0.1, 0.15) is 5.75 Å². The Bertz CT molecular complexity index is 936. The lowest BCUT2D eigenvalue weighted by Gasteiger charge is -2.34. The van der Waals surface area contributed by atoms with Gasteiger partial charge in [-0.2, -0.15) is 4.31 Å². The van der Waals surface area contributed by atoms with Crippen molar-refractivity contribution in [2.75, 3.05) is 39.9 Å². The summed E-state index contributed by atoms with van der Waals surface area (Å²) in [4.78, 5) is 14.1. The van der Waals surface area contributed by atoms with Crippen LogP contribution in [-0.4, -0.2) is 63.5 Å². The van der Waals surface area contributed by atoms with E-state index in [9.17, 15) is 13.2 Å². The molecule has 1 fully saturated rings. The smallest absolute Gasteiger partial charge is 0.338 e. The molecule has 0 spiro atoms. The molecular weight excluding hydrogens is 392 g/mol. The molecule has 3 rings (SSSR count). The predicted molar refractivity (Wildman–Crippen MR) is 109 cm³/mol. The summed E-state index contributed by atoms with van der Waals surface area (Å²) in [5.74, 6) is 0.380. The van der Waals surface area contributed by atoms with Gasteiger partial charge in [0.25, 0.3) is 0 Å². The van der Waals surface area contributed by atoms with Crippen LogP contribution in [0.15, 0.2) is 53.4 Å². The van der Waals surface area contributed by atoms with Gasteiger partial charge in [-0.05, 0) is 37.3 Å². The van der Waals surface area contributed by atoms with Gasteiger partial charge in [0.15, 0.2) is 0 Å². The van der Waals surface area contributed by atoms with Crippen molar-refractivity contribution in [3.05, 3.63) is 59.7 Å². The average Bonchev–Trinajstić information content (AvgIpc) is 2.75. The third-order valence-electron chi connectivity index (χ3n) is 4.92. The maximum Gasteiger partial charge on any atom is 0.338 e. The van der Waals surface area contributed by atoms with Crippen LogP contribution in [0.2, 0.25) is 0 Å². The van der Waals surface area contributed by atoms with Crippen molar-refractivity contribution in [3.63, 3.8) is 0 Å². The first-order chi connectivity index (χ1) is 14.0. The Hall–Kier alpha value is -2.42. The minimum absolute atomic E-state index is 0.184. The number of esters is 1. The van der Waals surface area contributed by atoms with Gasteiger partial charge in [-0.25, -0.2) is 13.2 Å². The third-order valence-corrected chi connectivity index (χ3v) is 6.83. The molecular formula is C21H26N2O5S. The number of sulfonamides is 1. The van der Waals surface area contributed by atoms with Crippen molar-refractivity contribution in [3.8, 4) is 5.75 Å². The number of para-hydroxylation sites is 1. The Balaban J connectivity index is 1.63. The van der Waals surface area contributed by atoms with E-state index in [0.717, 1.165) is 11.3 Å². The molecule has 0 aromatic heterocycles. The van der Waals surface area contributed by atoms with Gasteiger partial charge in [-0.15, -0.1) is 0 Å². The van der Waals surface area contributed by atoms with E-state index >= 15 is 0 Å². The molecule has 0 amide bonds. The molecule has 0 bridgehead atoms. The van der Waals surface area contributed by atoms with E-state index in [1.54, 1.807) is 14.0 Å². The topological polar surface area (TPSA) is 76.2 Å². The standard InChI is InChI=1S/C21H26N2O5S/c1-3-28-21(24)17-8-10-19(11-9-17)29(25,26)23-14-12-22(13-15-23)16-18-6-4-5-7-20(18)27-2/h4-11H,3,12-16H2,1-2H3. The molecule has 7 nitrogen and oxygen atoms in total. The number of carbonyl (C=O) groups is 1. The van der Waals surface area contributed by atoms with E-state index in [2.05, 4.69) is 4.90 Å². The zero-order chi connectivity index (χ0) is 20.9. The molecule has 2 aromatic rings. The Morgan fingerprint density at radius 3 is 2.28 bits per heavy atom. The molecule has 2 aromatic carbocycles. The van der Waals surface area contributed by atoms with Crippen LogP contribution in [0.4, 0.5) is 0 Å². The number of carbonyl (C=O) groups excluding carboxylic acids is 1. The number of methoxy groups -OCH3 is 1. The summed E-state index contributed by atoms with van der Waals surface area (Å²) in [5.41, 5.74) is 1.42. The highest BCUT2D eigenvalue weighted by Crippen LogP contribution is 2.22. The third kappa shape index (κ3) is 4.95. The van der Waals surface area contributed by atoms with Crippen LogP contribution in [-0.2, 0) is 21.3 Å². The molecule has 1 aliphatic heterocycles. The largest absolute Gasteiger partial charge is 0.496 e. The van der Waals surface area contributed by atoms with E-state index in [4.69, 9.17) is 9.47 Å². The summed E-state index contributed by atoms with van der Waals surface area (Å²) in [6.45, 7) is 4.82. The highest BCUT2D eigenvalue weighted by molar-refractivity contribution is 7.89. The molecule has 29 heavy (non-hydrogen) atoms. The van der Waals surface area contributed by atoms with Crippen LogP contribution < -0.4 is 4.74 Å². The van der Waals surface area contributed by atoms with E-state index in [1.807, 2.05) is 24.3 Å². The SMILES string of the molecule is CCOC(=O)c1ccc(S(=O)(=O)N2CCN(Cc3ccccc3OC)CC2)cc1. The molecule has 0 radical (unpaired) electrons. The van der Waals surface area contributed by atoms with Crippen molar-refractivity contribution < 1.29 is 22.7 Å². The fourth-order valence-corrected chi connectivity index (χ4v) is 4.75. The summed E-state index contributed by atoms with van der Waals surface area (Å²) >= 11 is 0. The molecule has 1 heterocycles. The number of hydrogen-bond donors (Lipinski definition) is 0. The first-order valence-electron chi connectivity index (χ1n) is 9.57. The Kier molecular flexibility index (Phi) is 6.89. The first-order valence-corrected chi connectivity index (χ1v) is 11.0. The second-order valence-electron chi connectivity index (χ2n) is 6.74. The summed E-state index contributed by atoms with van der Waals surface area (Å²) in [5, 5.41) is 0. The number of hydrogen-bond acceptors (Lipinski definition) is 6. The number of ether oxygens (including phenoxy) is 2. The lowest BCUT2D eigenvalue weighted by molar-refractivity contribution is 0.0526. The number of rotatable bonds is 7. The highest BCUT2D eigenvalue weighted by atomic mass is 32.2. The van der Waals surface area contributed by atoms with Gasteiger partial charge in [-0.3, -0.25) is 4.90 Å². The second kappa shape index (κ2) is 9.39. The monoisotopic (exact) mass is 418 g/mol. The van der Waals surface area contributed by atoms with Crippen molar-refractivity contribution in [2.24, 2.45) is 0 Å². The Morgan fingerprint density at radius 1 is 1.00 bits per heavy atom. The summed E-state index contributed by atoms with van der Waals surface area (Å²) in [6.07, 6.45) is 0. The molecule has 0 N–H and O–H groups in total. The molecule has 0 unspecified atom stereocenters. The molecule has 8 heteroatoms. The zero-order valence-electron chi connectivity index (χ0n) is 16.7. The van der Waals surface area contributed by atoms with Crippen LogP contribution in [0.3, 0.4) is 0 Å². The number of piperazine rings is 1. The first kappa shape index (κ1) is 21.3. The van der Waals surface area contributed by atoms with Crippen molar-refractivity contribution >= 4 is 16.0 Å². The molecule has 1 saturated heterocycles. The molecule has 0 aliphatic carbocycles. The van der Waals surface area contributed by atoms with Gasteiger partial charge >= 0.3 is 5.97 Å². The Labute approximate surface area is 171 Å². The minimum atomic E-state index is -3.60. The van der Waals surface area contributed by atoms with Gasteiger partial charge in [-0.1, -0.05) is 18.2 Å². The van der Waals surface area contributed by atoms with Crippen LogP contribution in [0.25, 0.3) is 0 Å². The Morgan fingerprint density at radius 2 is 1.66 bits per heavy atom. The molecule has 0 saturated carbocycles. The average molecular weight is 419 g/mol. The summed E-state index contributed by atoms with van der Waals surface area (Å²) < 4.78 is 37.7. The maximum absolute atomic E-state index is 12.9. The van der Waals surface area contributed by atoms with E-state index < -0.39 is 16.0 Å². The van der Waals surface area contributed by atoms with Crippen molar-refractivity contribution in [1.29, 1.82) is 0 Å². The lowest BCUT2D eigenvalue weighted by Crippen LogP contribution is -2.48. The molecule has 0 atom stereocenters. The fraction of sp³-hybridized carbons (Fsp3) is 0.381. The van der Waals surface area contributed by atoms with E-state index in [-0.39, 0.29) is 11.5 Å². The quantitative estimate of drug-likeness (QED) is 0.643. The molecule has 156 valence electrons. The summed E-state index contributed by atoms with van der Waals surface area (Å²) in [7, 11) is -1.95. The van der Waals surface area contributed by atoms with Crippen LogP contribution in [0.1, 0.15) is 22.8 Å². The minimum Gasteiger partial charge on any atom is -0.496 e. The van der Waals surface area contributed by atoms with E-state index in [1.165, 1.54) is 28.6 Å². The van der Waals surface area contributed by atoms with Crippen LogP contribution in [0, 0.1) is 0 Å². The van der Waals surface area contributed by atoms with Crippen LogP contribution in [0.5, 0.6) is 5.75 Å². The lowest BCUT2D eigenvalue weighted by atomic mass is 10.2. The normalized spacial score (nSPS) is 15.8. The van der Waals surface area contributed by atoms with E-state index in [0.29, 0.717) is 38.3 Å². The second-order valence-corrected chi connectivity index (χ2v) is 8.67. The van der Waals surface area contributed by atoms with Crippen molar-refractivity contribution in [2.45, 2.75) is 18.4 Å². The molecule has 1 aliphatic rings. The van der Waals surface area contributed by atoms with Gasteiger partial charge < -0.3 is 9.47 Å². The van der Waals surface area contributed by atoms with Gasteiger partial charge in [0.2, 0.25) is 10.0 Å².